The summed E-state index contributed by atoms with van der Waals surface area (Å²) in [5, 5.41) is 8.55. The third kappa shape index (κ3) is 4.62. The fourth-order valence-electron chi connectivity index (χ4n) is 1.81. The van der Waals surface area contributed by atoms with Crippen LogP contribution in [0.1, 0.15) is 46.0 Å². The third-order valence-corrected chi connectivity index (χ3v) is 2.80. The highest BCUT2D eigenvalue weighted by Gasteiger charge is 2.27. The van der Waals surface area contributed by atoms with Gasteiger partial charge in [-0.2, -0.15) is 5.26 Å². The van der Waals surface area contributed by atoms with Gasteiger partial charge in [-0.05, 0) is 38.1 Å². The van der Waals surface area contributed by atoms with E-state index in [1.165, 1.54) is 32.2 Å². The van der Waals surface area contributed by atoms with Gasteiger partial charge in [0.15, 0.2) is 0 Å². The largest absolute Gasteiger partial charge is 0.299 e. The Labute approximate surface area is 87.9 Å². The van der Waals surface area contributed by atoms with E-state index in [1.807, 2.05) is 0 Å². The summed E-state index contributed by atoms with van der Waals surface area (Å²) >= 11 is 0. The lowest BCUT2D eigenvalue weighted by molar-refractivity contribution is 0.259. The Hall–Kier alpha value is -0.550. The molecule has 1 aliphatic rings. The van der Waals surface area contributed by atoms with E-state index >= 15 is 0 Å². The molecule has 0 aliphatic heterocycles. The van der Waals surface area contributed by atoms with E-state index in [0.29, 0.717) is 6.42 Å². The summed E-state index contributed by atoms with van der Waals surface area (Å²) in [4.78, 5) is 2.51. The summed E-state index contributed by atoms with van der Waals surface area (Å²) in [6.45, 7) is 6.73. The lowest BCUT2D eigenvalue weighted by atomic mass is 10.1. The maximum atomic E-state index is 8.55. The summed E-state index contributed by atoms with van der Waals surface area (Å²) in [6.07, 6.45) is 6.01. The van der Waals surface area contributed by atoms with E-state index in [9.17, 15) is 0 Å². The Kier molecular flexibility index (Phi) is 4.97. The Morgan fingerprint density at radius 3 is 2.57 bits per heavy atom. The van der Waals surface area contributed by atoms with Crippen molar-refractivity contribution in [2.45, 2.75) is 52.0 Å². The highest BCUT2D eigenvalue weighted by molar-refractivity contribution is 4.86. The van der Waals surface area contributed by atoms with Crippen LogP contribution in [-0.4, -0.2) is 24.0 Å². The minimum absolute atomic E-state index is 0.693. The maximum Gasteiger partial charge on any atom is 0.0635 e. The smallest absolute Gasteiger partial charge is 0.0635 e. The molecule has 1 rings (SSSR count). The Bertz CT molecular complexity index is 189. The van der Waals surface area contributed by atoms with Gasteiger partial charge < -0.3 is 0 Å². The monoisotopic (exact) mass is 194 g/mol. The van der Waals surface area contributed by atoms with Crippen LogP contribution < -0.4 is 0 Å². The van der Waals surface area contributed by atoms with E-state index in [0.717, 1.165) is 18.5 Å². The van der Waals surface area contributed by atoms with Crippen LogP contribution in [0.15, 0.2) is 0 Å². The highest BCUT2D eigenvalue weighted by atomic mass is 15.2. The first kappa shape index (κ1) is 11.5. The van der Waals surface area contributed by atoms with Crippen molar-refractivity contribution in [1.29, 1.82) is 5.26 Å². The molecule has 0 aromatic heterocycles. The Balaban J connectivity index is 2.12. The predicted molar refractivity (Wildman–Crippen MR) is 58.9 cm³/mol. The maximum absolute atomic E-state index is 8.55. The van der Waals surface area contributed by atoms with Crippen LogP contribution in [0.2, 0.25) is 0 Å². The summed E-state index contributed by atoms with van der Waals surface area (Å²) in [5.41, 5.74) is 0. The molecule has 0 unspecified atom stereocenters. The molecular weight excluding hydrogens is 172 g/mol. The molecule has 0 atom stereocenters. The molecule has 0 saturated heterocycles. The van der Waals surface area contributed by atoms with Crippen LogP contribution in [0.5, 0.6) is 0 Å². The normalized spacial score (nSPS) is 16.2. The van der Waals surface area contributed by atoms with E-state index in [2.05, 4.69) is 24.8 Å². The number of nitriles is 1. The van der Waals surface area contributed by atoms with Crippen molar-refractivity contribution in [3.8, 4) is 6.07 Å². The standard InChI is InChI=1S/C12H22N2/c1-11(2)5-3-9-14(10-4-8-13)12-6-7-12/h11-12H,3-7,9-10H2,1-2H3. The van der Waals surface area contributed by atoms with Gasteiger partial charge in [-0.25, -0.2) is 0 Å². The van der Waals surface area contributed by atoms with Crippen LogP contribution in [0, 0.1) is 17.2 Å². The molecule has 0 radical (unpaired) electrons. The fraction of sp³-hybridized carbons (Fsp3) is 0.917. The molecule has 1 saturated carbocycles. The number of hydrogen-bond donors (Lipinski definition) is 0. The van der Waals surface area contributed by atoms with Gasteiger partial charge in [-0.15, -0.1) is 0 Å². The third-order valence-electron chi connectivity index (χ3n) is 2.80. The Morgan fingerprint density at radius 2 is 2.07 bits per heavy atom. The van der Waals surface area contributed by atoms with Crippen LogP contribution >= 0.6 is 0 Å². The molecule has 0 N–H and O–H groups in total. The number of hydrogen-bond acceptors (Lipinski definition) is 2. The fourth-order valence-corrected chi connectivity index (χ4v) is 1.81. The molecule has 0 spiro atoms. The topological polar surface area (TPSA) is 27.0 Å². The SMILES string of the molecule is CC(C)CCCN(CCC#N)C1CC1. The molecule has 0 heterocycles. The lowest BCUT2D eigenvalue weighted by Gasteiger charge is -2.20. The lowest BCUT2D eigenvalue weighted by Crippen LogP contribution is -2.28. The zero-order chi connectivity index (χ0) is 10.4. The van der Waals surface area contributed by atoms with Crippen LogP contribution in [-0.2, 0) is 0 Å². The first-order valence-electron chi connectivity index (χ1n) is 5.85. The van der Waals surface area contributed by atoms with Gasteiger partial charge in [0.05, 0.1) is 6.07 Å². The molecule has 2 nitrogen and oxygen atoms in total. The first-order valence-corrected chi connectivity index (χ1v) is 5.85. The first-order chi connectivity index (χ1) is 6.74. The Morgan fingerprint density at radius 1 is 1.36 bits per heavy atom. The number of rotatable bonds is 7. The van der Waals surface area contributed by atoms with Crippen molar-refractivity contribution in [3.05, 3.63) is 0 Å². The second kappa shape index (κ2) is 6.03. The summed E-state index contributed by atoms with van der Waals surface area (Å²) in [7, 11) is 0. The van der Waals surface area contributed by atoms with Crippen LogP contribution in [0.3, 0.4) is 0 Å². The van der Waals surface area contributed by atoms with Crippen molar-refractivity contribution >= 4 is 0 Å². The molecule has 80 valence electrons. The van der Waals surface area contributed by atoms with Gasteiger partial charge in [0.2, 0.25) is 0 Å². The van der Waals surface area contributed by atoms with Gasteiger partial charge in [0.25, 0.3) is 0 Å². The predicted octanol–water partition coefficient (Wildman–Crippen LogP) is 2.80. The van der Waals surface area contributed by atoms with Gasteiger partial charge >= 0.3 is 0 Å². The summed E-state index contributed by atoms with van der Waals surface area (Å²) in [6, 6.07) is 3.05. The molecule has 14 heavy (non-hydrogen) atoms. The molecule has 2 heteroatoms. The average molecular weight is 194 g/mol. The van der Waals surface area contributed by atoms with Crippen molar-refractivity contribution in [1.82, 2.24) is 4.90 Å². The van der Waals surface area contributed by atoms with Crippen molar-refractivity contribution < 1.29 is 0 Å². The zero-order valence-electron chi connectivity index (χ0n) is 9.50. The molecular formula is C12H22N2. The van der Waals surface area contributed by atoms with Gasteiger partial charge in [0, 0.05) is 19.0 Å². The highest BCUT2D eigenvalue weighted by Crippen LogP contribution is 2.27. The van der Waals surface area contributed by atoms with Crippen molar-refractivity contribution in [2.75, 3.05) is 13.1 Å². The van der Waals surface area contributed by atoms with E-state index in [-0.39, 0.29) is 0 Å². The summed E-state index contributed by atoms with van der Waals surface area (Å²) in [5.74, 6) is 0.812. The van der Waals surface area contributed by atoms with Crippen LogP contribution in [0.4, 0.5) is 0 Å². The van der Waals surface area contributed by atoms with Gasteiger partial charge in [-0.3, -0.25) is 4.90 Å². The summed E-state index contributed by atoms with van der Waals surface area (Å²) < 4.78 is 0. The van der Waals surface area contributed by atoms with E-state index in [1.54, 1.807) is 0 Å². The van der Waals surface area contributed by atoms with Crippen molar-refractivity contribution in [3.63, 3.8) is 0 Å². The molecule has 1 aliphatic carbocycles. The van der Waals surface area contributed by atoms with E-state index in [4.69, 9.17) is 5.26 Å². The minimum Gasteiger partial charge on any atom is -0.299 e. The second-order valence-electron chi connectivity index (χ2n) is 4.71. The molecule has 0 aromatic rings. The van der Waals surface area contributed by atoms with Crippen LogP contribution in [0.25, 0.3) is 0 Å². The molecule has 0 bridgehead atoms. The quantitative estimate of drug-likeness (QED) is 0.623. The van der Waals surface area contributed by atoms with Gasteiger partial charge in [-0.1, -0.05) is 13.8 Å². The molecule has 0 amide bonds. The minimum atomic E-state index is 0.693. The molecule has 1 fully saturated rings. The second-order valence-corrected chi connectivity index (χ2v) is 4.71. The van der Waals surface area contributed by atoms with E-state index < -0.39 is 0 Å². The van der Waals surface area contributed by atoms with Crippen molar-refractivity contribution in [2.24, 2.45) is 5.92 Å². The average Bonchev–Trinajstić information content (AvgIpc) is 2.93. The number of nitrogens with zero attached hydrogens (tertiary/aromatic N) is 2. The zero-order valence-corrected chi connectivity index (χ0v) is 9.50. The molecule has 0 aromatic carbocycles. The van der Waals surface area contributed by atoms with Gasteiger partial charge in [0.1, 0.15) is 0 Å².